The van der Waals surface area contributed by atoms with Gasteiger partial charge in [0.2, 0.25) is 0 Å². The van der Waals surface area contributed by atoms with Crippen LogP contribution in [-0.4, -0.2) is 35.8 Å². The van der Waals surface area contributed by atoms with Crippen LogP contribution in [0.2, 0.25) is 5.02 Å². The maximum atomic E-state index is 12.0. The van der Waals surface area contributed by atoms with Gasteiger partial charge < -0.3 is 14.4 Å². The summed E-state index contributed by atoms with van der Waals surface area (Å²) in [6.07, 6.45) is 1.57. The molecule has 1 amide bonds. The Balaban J connectivity index is 1.76. The van der Waals surface area contributed by atoms with E-state index in [-0.39, 0.29) is 12.2 Å². The summed E-state index contributed by atoms with van der Waals surface area (Å²) < 4.78 is 11.3. The molecule has 0 bridgehead atoms. The van der Waals surface area contributed by atoms with Crippen LogP contribution in [0.15, 0.2) is 24.3 Å². The van der Waals surface area contributed by atoms with Crippen LogP contribution in [0.25, 0.3) is 0 Å². The van der Waals surface area contributed by atoms with E-state index >= 15 is 0 Å². The quantitative estimate of drug-likeness (QED) is 0.833. The number of benzene rings is 1. The number of rotatable bonds is 3. The number of piperidine rings is 1. The van der Waals surface area contributed by atoms with Gasteiger partial charge in [-0.25, -0.2) is 4.79 Å². The maximum absolute atomic E-state index is 12.0. The Morgan fingerprint density at radius 1 is 1.27 bits per heavy atom. The van der Waals surface area contributed by atoms with E-state index in [1.165, 1.54) is 0 Å². The minimum absolute atomic E-state index is 0.162. The Labute approximate surface area is 137 Å². The molecule has 1 aromatic carbocycles. The van der Waals surface area contributed by atoms with Crippen molar-refractivity contribution < 1.29 is 14.3 Å². The fourth-order valence-corrected chi connectivity index (χ4v) is 2.54. The zero-order valence-electron chi connectivity index (χ0n) is 13.5. The molecule has 0 aromatic heterocycles. The second-order valence-electron chi connectivity index (χ2n) is 6.57. The fraction of sp³-hybridized carbons (Fsp3) is 0.588. The fourth-order valence-electron chi connectivity index (χ4n) is 2.35. The highest BCUT2D eigenvalue weighted by Gasteiger charge is 2.27. The number of hydrogen-bond acceptors (Lipinski definition) is 3. The van der Waals surface area contributed by atoms with Crippen LogP contribution in [-0.2, 0) is 16.1 Å². The van der Waals surface area contributed by atoms with Gasteiger partial charge in [-0.15, -0.1) is 0 Å². The van der Waals surface area contributed by atoms with Crippen molar-refractivity contribution in [2.24, 2.45) is 0 Å². The summed E-state index contributed by atoms with van der Waals surface area (Å²) in [5, 5.41) is 0.730. The third-order valence-electron chi connectivity index (χ3n) is 3.53. The van der Waals surface area contributed by atoms with Gasteiger partial charge in [0.1, 0.15) is 5.60 Å². The number of carbonyl (C=O) groups is 1. The van der Waals surface area contributed by atoms with Gasteiger partial charge in [0.15, 0.2) is 0 Å². The largest absolute Gasteiger partial charge is 0.444 e. The lowest BCUT2D eigenvalue weighted by molar-refractivity contribution is -0.0170. The van der Waals surface area contributed by atoms with Gasteiger partial charge in [-0.2, -0.15) is 0 Å². The Bertz CT molecular complexity index is 505. The van der Waals surface area contributed by atoms with E-state index in [1.54, 1.807) is 4.90 Å². The second-order valence-corrected chi connectivity index (χ2v) is 6.98. The SMILES string of the molecule is CC(C)(C)OC(=O)N1CCC(OCc2ccccc2Cl)CC1. The van der Waals surface area contributed by atoms with Crippen LogP contribution in [0, 0.1) is 0 Å². The molecule has 1 aromatic rings. The number of likely N-dealkylation sites (tertiary alicyclic amines) is 1. The minimum atomic E-state index is -0.450. The normalized spacial score (nSPS) is 16.6. The topological polar surface area (TPSA) is 38.8 Å². The smallest absolute Gasteiger partial charge is 0.410 e. The van der Waals surface area contributed by atoms with E-state index in [4.69, 9.17) is 21.1 Å². The molecule has 0 N–H and O–H groups in total. The summed E-state index contributed by atoms with van der Waals surface area (Å²) in [4.78, 5) is 13.7. The molecule has 1 fully saturated rings. The lowest BCUT2D eigenvalue weighted by Gasteiger charge is -2.33. The van der Waals surface area contributed by atoms with Crippen LogP contribution in [0.1, 0.15) is 39.2 Å². The first kappa shape index (κ1) is 17.1. The lowest BCUT2D eigenvalue weighted by Crippen LogP contribution is -2.43. The highest BCUT2D eigenvalue weighted by atomic mass is 35.5. The molecule has 0 unspecified atom stereocenters. The molecule has 4 nitrogen and oxygen atoms in total. The number of hydrogen-bond donors (Lipinski definition) is 0. The van der Waals surface area contributed by atoms with Crippen molar-refractivity contribution in [3.63, 3.8) is 0 Å². The van der Waals surface area contributed by atoms with Crippen molar-refractivity contribution in [1.29, 1.82) is 0 Å². The van der Waals surface area contributed by atoms with Crippen molar-refractivity contribution in [2.75, 3.05) is 13.1 Å². The molecule has 1 aliphatic rings. The average molecular weight is 326 g/mol. The third kappa shape index (κ3) is 5.18. The van der Waals surface area contributed by atoms with Gasteiger partial charge in [-0.05, 0) is 45.2 Å². The second kappa shape index (κ2) is 7.34. The van der Waals surface area contributed by atoms with Gasteiger partial charge in [-0.3, -0.25) is 0 Å². The van der Waals surface area contributed by atoms with Gasteiger partial charge in [0.25, 0.3) is 0 Å². The van der Waals surface area contributed by atoms with Crippen molar-refractivity contribution in [2.45, 2.75) is 51.9 Å². The predicted molar refractivity (Wildman–Crippen MR) is 87.1 cm³/mol. The van der Waals surface area contributed by atoms with E-state index in [0.717, 1.165) is 23.4 Å². The molecule has 0 aliphatic carbocycles. The molecule has 122 valence electrons. The zero-order chi connectivity index (χ0) is 16.2. The molecular weight excluding hydrogens is 302 g/mol. The minimum Gasteiger partial charge on any atom is -0.444 e. The summed E-state index contributed by atoms with van der Waals surface area (Å²) in [5.41, 5.74) is 0.549. The molecule has 2 rings (SSSR count). The summed E-state index contributed by atoms with van der Waals surface area (Å²) >= 11 is 6.12. The molecule has 1 heterocycles. The van der Waals surface area contributed by atoms with Crippen molar-refractivity contribution >= 4 is 17.7 Å². The van der Waals surface area contributed by atoms with E-state index in [2.05, 4.69) is 0 Å². The van der Waals surface area contributed by atoms with Gasteiger partial charge >= 0.3 is 6.09 Å². The van der Waals surface area contributed by atoms with Crippen molar-refractivity contribution in [3.05, 3.63) is 34.9 Å². The number of carbonyl (C=O) groups excluding carboxylic acids is 1. The number of halogens is 1. The Hall–Kier alpha value is -1.26. The van der Waals surface area contributed by atoms with Crippen LogP contribution < -0.4 is 0 Å². The molecule has 5 heteroatoms. The molecule has 22 heavy (non-hydrogen) atoms. The molecule has 0 atom stereocenters. The van der Waals surface area contributed by atoms with Crippen LogP contribution in [0.5, 0.6) is 0 Å². The Kier molecular flexibility index (Phi) is 5.70. The average Bonchev–Trinajstić information content (AvgIpc) is 2.45. The summed E-state index contributed by atoms with van der Waals surface area (Å²) in [6, 6.07) is 7.70. The first-order valence-electron chi connectivity index (χ1n) is 7.68. The van der Waals surface area contributed by atoms with Crippen LogP contribution >= 0.6 is 11.6 Å². The highest BCUT2D eigenvalue weighted by molar-refractivity contribution is 6.31. The van der Waals surface area contributed by atoms with Crippen LogP contribution in [0.3, 0.4) is 0 Å². The monoisotopic (exact) mass is 325 g/mol. The third-order valence-corrected chi connectivity index (χ3v) is 3.89. The molecule has 0 saturated carbocycles. The van der Waals surface area contributed by atoms with E-state index in [9.17, 15) is 4.79 Å². The first-order chi connectivity index (χ1) is 10.3. The molecule has 0 spiro atoms. The molecular formula is C17H24ClNO3. The molecule has 0 radical (unpaired) electrons. The lowest BCUT2D eigenvalue weighted by atomic mass is 10.1. The Morgan fingerprint density at radius 3 is 2.50 bits per heavy atom. The predicted octanol–water partition coefficient (Wildman–Crippen LogP) is 4.26. The number of nitrogens with zero attached hydrogens (tertiary/aromatic N) is 1. The number of ether oxygens (including phenoxy) is 2. The summed E-state index contributed by atoms with van der Waals surface area (Å²) in [6.45, 7) is 7.49. The zero-order valence-corrected chi connectivity index (χ0v) is 14.2. The Morgan fingerprint density at radius 2 is 1.91 bits per heavy atom. The molecule has 1 saturated heterocycles. The van der Waals surface area contributed by atoms with Gasteiger partial charge in [0, 0.05) is 18.1 Å². The number of amides is 1. The van der Waals surface area contributed by atoms with E-state index < -0.39 is 5.60 Å². The van der Waals surface area contributed by atoms with E-state index in [0.29, 0.717) is 19.7 Å². The van der Waals surface area contributed by atoms with Gasteiger partial charge in [0.05, 0.1) is 12.7 Å². The highest BCUT2D eigenvalue weighted by Crippen LogP contribution is 2.21. The summed E-state index contributed by atoms with van der Waals surface area (Å²) in [5.74, 6) is 0. The maximum Gasteiger partial charge on any atom is 0.410 e. The van der Waals surface area contributed by atoms with Gasteiger partial charge in [-0.1, -0.05) is 29.8 Å². The standard InChI is InChI=1S/C17H24ClNO3/c1-17(2,3)22-16(20)19-10-8-14(9-11-19)21-12-13-6-4-5-7-15(13)18/h4-7,14H,8-12H2,1-3H3. The first-order valence-corrected chi connectivity index (χ1v) is 8.06. The van der Waals surface area contributed by atoms with Crippen LogP contribution in [0.4, 0.5) is 4.79 Å². The summed E-state index contributed by atoms with van der Waals surface area (Å²) in [7, 11) is 0. The van der Waals surface area contributed by atoms with Crippen molar-refractivity contribution in [3.8, 4) is 0 Å². The van der Waals surface area contributed by atoms with E-state index in [1.807, 2.05) is 45.0 Å². The molecule has 1 aliphatic heterocycles. The van der Waals surface area contributed by atoms with Crippen molar-refractivity contribution in [1.82, 2.24) is 4.90 Å².